The molecule has 0 N–H and O–H groups in total. The van der Waals surface area contributed by atoms with Crippen LogP contribution in [-0.4, -0.2) is 38.3 Å². The fraction of sp³-hybridized carbons (Fsp3) is 0.450. The first kappa shape index (κ1) is 19.6. The molecule has 0 bridgehead atoms. The molecule has 3 rings (SSSR count). The minimum atomic E-state index is -3.60. The molecule has 1 aliphatic rings. The quantitative estimate of drug-likeness (QED) is 0.759. The molecule has 27 heavy (non-hydrogen) atoms. The molecule has 1 aromatic heterocycles. The number of amides is 1. The standard InChI is InChI=1S/C20H26N2O4S/c1-15(8-9-18-7-5-13-26-18)21(3)27(24,25)19-10-11-20-17(14-19)6-4-12-22(20)16(2)23/h5,7,10-11,13-15H,4,6,8-9,12H2,1-3H3/t15-/m1/s1. The molecule has 0 fully saturated rings. The summed E-state index contributed by atoms with van der Waals surface area (Å²) in [7, 11) is -1.99. The SMILES string of the molecule is CC(=O)N1CCCc2cc(S(=O)(=O)N(C)[C@H](C)CCc3ccco3)ccc21. The van der Waals surface area contributed by atoms with Crippen LogP contribution in [0.2, 0.25) is 0 Å². The molecule has 7 heteroatoms. The van der Waals surface area contributed by atoms with Crippen molar-refractivity contribution in [3.8, 4) is 0 Å². The summed E-state index contributed by atoms with van der Waals surface area (Å²) >= 11 is 0. The summed E-state index contributed by atoms with van der Waals surface area (Å²) in [6.45, 7) is 4.11. The Bertz CT molecular complexity index is 906. The lowest BCUT2D eigenvalue weighted by atomic mass is 10.0. The Balaban J connectivity index is 1.78. The first-order valence-corrected chi connectivity index (χ1v) is 10.7. The van der Waals surface area contributed by atoms with Gasteiger partial charge in [0.25, 0.3) is 0 Å². The van der Waals surface area contributed by atoms with E-state index in [2.05, 4.69) is 0 Å². The molecular weight excluding hydrogens is 364 g/mol. The maximum absolute atomic E-state index is 13.1. The molecule has 1 aliphatic heterocycles. The number of fused-ring (bicyclic) bond motifs is 1. The second-order valence-corrected chi connectivity index (χ2v) is 9.05. The average molecular weight is 391 g/mol. The second-order valence-electron chi connectivity index (χ2n) is 7.05. The van der Waals surface area contributed by atoms with Crippen LogP contribution in [-0.2, 0) is 27.7 Å². The highest BCUT2D eigenvalue weighted by molar-refractivity contribution is 7.89. The van der Waals surface area contributed by atoms with Crippen LogP contribution in [0.5, 0.6) is 0 Å². The van der Waals surface area contributed by atoms with E-state index in [0.29, 0.717) is 19.4 Å². The molecule has 6 nitrogen and oxygen atoms in total. The first-order chi connectivity index (χ1) is 12.8. The lowest BCUT2D eigenvalue weighted by Gasteiger charge is -2.30. The van der Waals surface area contributed by atoms with Gasteiger partial charge in [0.1, 0.15) is 5.76 Å². The highest BCUT2D eigenvalue weighted by Crippen LogP contribution is 2.30. The van der Waals surface area contributed by atoms with Crippen LogP contribution in [0.1, 0.15) is 38.0 Å². The van der Waals surface area contributed by atoms with E-state index in [1.165, 1.54) is 11.2 Å². The Hall–Kier alpha value is -2.12. The molecule has 2 aromatic rings. The number of hydrogen-bond acceptors (Lipinski definition) is 4. The number of carbonyl (C=O) groups excluding carboxylic acids is 1. The smallest absolute Gasteiger partial charge is 0.243 e. The van der Waals surface area contributed by atoms with Gasteiger partial charge in [0, 0.05) is 38.7 Å². The Morgan fingerprint density at radius 3 is 2.78 bits per heavy atom. The molecule has 1 atom stereocenters. The average Bonchev–Trinajstić information content (AvgIpc) is 3.17. The number of nitrogens with zero attached hydrogens (tertiary/aromatic N) is 2. The Morgan fingerprint density at radius 2 is 2.11 bits per heavy atom. The Labute approximate surface area is 160 Å². The van der Waals surface area contributed by atoms with Gasteiger partial charge in [0.15, 0.2) is 0 Å². The fourth-order valence-corrected chi connectivity index (χ4v) is 4.89. The zero-order valence-corrected chi connectivity index (χ0v) is 16.8. The second kappa shape index (κ2) is 7.86. The van der Waals surface area contributed by atoms with Crippen LogP contribution in [0.15, 0.2) is 45.9 Å². The van der Waals surface area contributed by atoms with Crippen molar-refractivity contribution in [2.24, 2.45) is 0 Å². The minimum absolute atomic E-state index is 0.0183. The summed E-state index contributed by atoms with van der Waals surface area (Å²) in [6.07, 6.45) is 4.60. The third-order valence-corrected chi connectivity index (χ3v) is 7.20. The summed E-state index contributed by atoms with van der Waals surface area (Å²) in [4.78, 5) is 13.8. The molecule has 0 spiro atoms. The van der Waals surface area contributed by atoms with E-state index < -0.39 is 10.0 Å². The Kier molecular flexibility index (Phi) is 5.72. The van der Waals surface area contributed by atoms with Crippen molar-refractivity contribution in [2.45, 2.75) is 50.5 Å². The summed E-state index contributed by atoms with van der Waals surface area (Å²) in [6, 6.07) is 8.64. The summed E-state index contributed by atoms with van der Waals surface area (Å²) in [5.74, 6) is 0.834. The van der Waals surface area contributed by atoms with Gasteiger partial charge in [0.2, 0.25) is 15.9 Å². The van der Waals surface area contributed by atoms with Crippen LogP contribution in [0.4, 0.5) is 5.69 Å². The maximum atomic E-state index is 13.1. The molecule has 0 saturated heterocycles. The van der Waals surface area contributed by atoms with Crippen molar-refractivity contribution < 1.29 is 17.6 Å². The molecule has 0 unspecified atom stereocenters. The van der Waals surface area contributed by atoms with E-state index in [1.54, 1.807) is 36.4 Å². The van der Waals surface area contributed by atoms with Crippen molar-refractivity contribution in [3.05, 3.63) is 47.9 Å². The monoisotopic (exact) mass is 390 g/mol. The van der Waals surface area contributed by atoms with E-state index in [-0.39, 0.29) is 16.8 Å². The zero-order chi connectivity index (χ0) is 19.6. The number of rotatable bonds is 6. The predicted molar refractivity (Wildman–Crippen MR) is 104 cm³/mol. The van der Waals surface area contributed by atoms with Crippen molar-refractivity contribution in [2.75, 3.05) is 18.5 Å². The normalized spacial score (nSPS) is 15.6. The van der Waals surface area contributed by atoms with Gasteiger partial charge in [-0.2, -0.15) is 4.31 Å². The van der Waals surface area contributed by atoms with E-state index in [4.69, 9.17) is 4.42 Å². The largest absolute Gasteiger partial charge is 0.469 e. The van der Waals surface area contributed by atoms with Gasteiger partial charge >= 0.3 is 0 Å². The van der Waals surface area contributed by atoms with Crippen molar-refractivity contribution in [3.63, 3.8) is 0 Å². The topological polar surface area (TPSA) is 70.8 Å². The van der Waals surface area contributed by atoms with E-state index in [9.17, 15) is 13.2 Å². The van der Waals surface area contributed by atoms with Crippen molar-refractivity contribution >= 4 is 21.6 Å². The molecule has 0 radical (unpaired) electrons. The fourth-order valence-electron chi connectivity index (χ4n) is 3.45. The molecule has 0 aliphatic carbocycles. The number of aryl methyl sites for hydroxylation is 2. The zero-order valence-electron chi connectivity index (χ0n) is 16.0. The highest BCUT2D eigenvalue weighted by atomic mass is 32.2. The highest BCUT2D eigenvalue weighted by Gasteiger charge is 2.28. The van der Waals surface area contributed by atoms with Gasteiger partial charge in [0.05, 0.1) is 11.2 Å². The molecular formula is C20H26N2O4S. The summed E-state index contributed by atoms with van der Waals surface area (Å²) < 4.78 is 32.9. The van der Waals surface area contributed by atoms with Crippen LogP contribution < -0.4 is 4.90 Å². The lowest BCUT2D eigenvalue weighted by molar-refractivity contribution is -0.116. The third-order valence-electron chi connectivity index (χ3n) is 5.24. The number of anilines is 1. The number of carbonyl (C=O) groups is 1. The maximum Gasteiger partial charge on any atom is 0.243 e. The third kappa shape index (κ3) is 4.09. The van der Waals surface area contributed by atoms with Crippen molar-refractivity contribution in [1.29, 1.82) is 0 Å². The molecule has 1 aromatic carbocycles. The molecule has 2 heterocycles. The van der Waals surface area contributed by atoms with E-state index >= 15 is 0 Å². The molecule has 0 saturated carbocycles. The van der Waals surface area contributed by atoms with Gasteiger partial charge in [-0.1, -0.05) is 0 Å². The Morgan fingerprint density at radius 1 is 1.33 bits per heavy atom. The summed E-state index contributed by atoms with van der Waals surface area (Å²) in [5, 5.41) is 0. The van der Waals surface area contributed by atoms with Gasteiger partial charge in [-0.25, -0.2) is 8.42 Å². The number of furan rings is 1. The number of benzene rings is 1. The van der Waals surface area contributed by atoms with Crippen LogP contribution in [0, 0.1) is 0 Å². The van der Waals surface area contributed by atoms with Crippen LogP contribution >= 0.6 is 0 Å². The predicted octanol–water partition coefficient (Wildman–Crippen LogP) is 3.22. The first-order valence-electron chi connectivity index (χ1n) is 9.22. The number of hydrogen-bond donors (Lipinski definition) is 0. The van der Waals surface area contributed by atoms with Gasteiger partial charge in [-0.05, 0) is 62.1 Å². The molecule has 1 amide bonds. The van der Waals surface area contributed by atoms with Gasteiger partial charge in [-0.15, -0.1) is 0 Å². The van der Waals surface area contributed by atoms with Crippen LogP contribution in [0.3, 0.4) is 0 Å². The van der Waals surface area contributed by atoms with Gasteiger partial charge < -0.3 is 9.32 Å². The van der Waals surface area contributed by atoms with E-state index in [1.807, 2.05) is 19.1 Å². The minimum Gasteiger partial charge on any atom is -0.469 e. The van der Waals surface area contributed by atoms with E-state index in [0.717, 1.165) is 29.9 Å². The van der Waals surface area contributed by atoms with Crippen LogP contribution in [0.25, 0.3) is 0 Å². The summed E-state index contributed by atoms with van der Waals surface area (Å²) in [5.41, 5.74) is 1.73. The molecule has 146 valence electrons. The van der Waals surface area contributed by atoms with Crippen molar-refractivity contribution in [1.82, 2.24) is 4.31 Å². The van der Waals surface area contributed by atoms with Gasteiger partial charge in [-0.3, -0.25) is 4.79 Å². The lowest BCUT2D eigenvalue weighted by Crippen LogP contribution is -2.36. The number of sulfonamides is 1.